The molecule has 1 aliphatic carbocycles. The molecule has 13 heavy (non-hydrogen) atoms. The van der Waals surface area contributed by atoms with Gasteiger partial charge in [-0.25, -0.2) is 9.97 Å². The minimum atomic E-state index is 0.605. The molecule has 0 spiro atoms. The van der Waals surface area contributed by atoms with E-state index in [9.17, 15) is 0 Å². The first-order valence-corrected chi connectivity index (χ1v) is 5.16. The molecular formula is C9H9N3S. The average Bonchev–Trinajstić information content (AvgIpc) is 2.87. The van der Waals surface area contributed by atoms with Gasteiger partial charge in [0.1, 0.15) is 17.0 Å². The molecule has 66 valence electrons. The lowest BCUT2D eigenvalue weighted by molar-refractivity contribution is 1.18. The Kier molecular flexibility index (Phi) is 1.35. The van der Waals surface area contributed by atoms with Gasteiger partial charge in [0.2, 0.25) is 0 Å². The zero-order valence-electron chi connectivity index (χ0n) is 7.03. The van der Waals surface area contributed by atoms with Gasteiger partial charge in [-0.15, -0.1) is 11.3 Å². The number of rotatable bonds is 1. The van der Waals surface area contributed by atoms with Crippen LogP contribution < -0.4 is 5.73 Å². The Morgan fingerprint density at radius 2 is 2.23 bits per heavy atom. The van der Waals surface area contributed by atoms with Crippen molar-refractivity contribution in [3.8, 4) is 0 Å². The second-order valence-electron chi connectivity index (χ2n) is 3.40. The highest BCUT2D eigenvalue weighted by Gasteiger charge is 2.25. The maximum absolute atomic E-state index is 5.75. The lowest BCUT2D eigenvalue weighted by Crippen LogP contribution is -1.89. The van der Waals surface area contributed by atoms with Crippen molar-refractivity contribution in [1.82, 2.24) is 9.97 Å². The largest absolute Gasteiger partial charge is 0.383 e. The molecule has 0 aliphatic heterocycles. The van der Waals surface area contributed by atoms with Crippen LogP contribution in [0.1, 0.15) is 23.6 Å². The van der Waals surface area contributed by atoms with Gasteiger partial charge in [0, 0.05) is 4.88 Å². The molecule has 2 N–H and O–H groups in total. The first kappa shape index (κ1) is 7.26. The van der Waals surface area contributed by atoms with Gasteiger partial charge in [-0.05, 0) is 24.8 Å². The number of hydrogen-bond acceptors (Lipinski definition) is 4. The number of hydrogen-bond donors (Lipinski definition) is 1. The topological polar surface area (TPSA) is 51.8 Å². The normalized spacial score (nSPS) is 16.6. The van der Waals surface area contributed by atoms with Crippen molar-refractivity contribution in [2.24, 2.45) is 0 Å². The van der Waals surface area contributed by atoms with Crippen LogP contribution >= 0.6 is 11.3 Å². The van der Waals surface area contributed by atoms with E-state index in [0.29, 0.717) is 5.82 Å². The predicted octanol–water partition coefficient (Wildman–Crippen LogP) is 2.15. The van der Waals surface area contributed by atoms with Crippen LogP contribution in [-0.4, -0.2) is 9.97 Å². The highest BCUT2D eigenvalue weighted by molar-refractivity contribution is 7.18. The minimum Gasteiger partial charge on any atom is -0.383 e. The number of aromatic nitrogens is 2. The molecule has 0 unspecified atom stereocenters. The van der Waals surface area contributed by atoms with Gasteiger partial charge in [0.15, 0.2) is 0 Å². The number of nitrogen functional groups attached to an aromatic ring is 1. The molecule has 2 aromatic heterocycles. The van der Waals surface area contributed by atoms with Crippen molar-refractivity contribution in [3.05, 3.63) is 17.3 Å². The van der Waals surface area contributed by atoms with Crippen molar-refractivity contribution in [2.75, 3.05) is 5.73 Å². The molecule has 0 saturated heterocycles. The zero-order valence-corrected chi connectivity index (χ0v) is 7.84. The number of nitrogens with two attached hydrogens (primary N) is 1. The summed E-state index contributed by atoms with van der Waals surface area (Å²) in [6.07, 6.45) is 4.17. The fourth-order valence-corrected chi connectivity index (χ4v) is 2.64. The van der Waals surface area contributed by atoms with E-state index >= 15 is 0 Å². The van der Waals surface area contributed by atoms with Crippen LogP contribution in [-0.2, 0) is 0 Å². The first-order chi connectivity index (χ1) is 6.34. The lowest BCUT2D eigenvalue weighted by atomic mass is 10.3. The third-order valence-corrected chi connectivity index (χ3v) is 3.56. The van der Waals surface area contributed by atoms with Crippen LogP contribution in [0.5, 0.6) is 0 Å². The minimum absolute atomic E-state index is 0.605. The van der Waals surface area contributed by atoms with E-state index in [1.54, 1.807) is 11.3 Å². The van der Waals surface area contributed by atoms with Gasteiger partial charge >= 0.3 is 0 Å². The molecule has 0 atom stereocenters. The van der Waals surface area contributed by atoms with Gasteiger partial charge < -0.3 is 5.73 Å². The summed E-state index contributed by atoms with van der Waals surface area (Å²) in [7, 11) is 0. The van der Waals surface area contributed by atoms with Gasteiger partial charge in [-0.3, -0.25) is 0 Å². The van der Waals surface area contributed by atoms with E-state index in [0.717, 1.165) is 16.1 Å². The van der Waals surface area contributed by atoms with Crippen molar-refractivity contribution in [1.29, 1.82) is 0 Å². The third kappa shape index (κ3) is 1.09. The molecule has 0 amide bonds. The lowest BCUT2D eigenvalue weighted by Gasteiger charge is -1.90. The molecule has 4 heteroatoms. The molecular weight excluding hydrogens is 182 g/mol. The Hall–Kier alpha value is -1.16. The fourth-order valence-electron chi connectivity index (χ4n) is 1.46. The number of thiophene rings is 1. The van der Waals surface area contributed by atoms with Crippen molar-refractivity contribution in [3.63, 3.8) is 0 Å². The van der Waals surface area contributed by atoms with Gasteiger partial charge in [0.05, 0.1) is 5.39 Å². The number of anilines is 1. The smallest absolute Gasteiger partial charge is 0.135 e. The molecule has 0 aromatic carbocycles. The Bertz CT molecular complexity index is 459. The summed E-state index contributed by atoms with van der Waals surface area (Å²) in [4.78, 5) is 10.6. The molecule has 2 aromatic rings. The predicted molar refractivity (Wildman–Crippen MR) is 53.8 cm³/mol. The van der Waals surface area contributed by atoms with E-state index in [2.05, 4.69) is 16.0 Å². The SMILES string of the molecule is Nc1ncnc2sc(C3CC3)cc12. The number of nitrogens with zero attached hydrogens (tertiary/aromatic N) is 2. The molecule has 0 bridgehead atoms. The quantitative estimate of drug-likeness (QED) is 0.751. The number of fused-ring (bicyclic) bond motifs is 1. The Balaban J connectivity index is 2.26. The highest BCUT2D eigenvalue weighted by Crippen LogP contribution is 2.45. The Morgan fingerprint density at radius 1 is 1.38 bits per heavy atom. The van der Waals surface area contributed by atoms with Crippen molar-refractivity contribution < 1.29 is 0 Å². The average molecular weight is 191 g/mol. The van der Waals surface area contributed by atoms with E-state index in [1.807, 2.05) is 0 Å². The van der Waals surface area contributed by atoms with Crippen LogP contribution in [0.3, 0.4) is 0 Å². The fraction of sp³-hybridized carbons (Fsp3) is 0.333. The van der Waals surface area contributed by atoms with Crippen LogP contribution in [0.4, 0.5) is 5.82 Å². The molecule has 3 nitrogen and oxygen atoms in total. The first-order valence-electron chi connectivity index (χ1n) is 4.34. The molecule has 1 aliphatic rings. The summed E-state index contributed by atoms with van der Waals surface area (Å²) in [5.41, 5.74) is 5.75. The highest BCUT2D eigenvalue weighted by atomic mass is 32.1. The monoisotopic (exact) mass is 191 g/mol. The van der Waals surface area contributed by atoms with Gasteiger partial charge in [0.25, 0.3) is 0 Å². The summed E-state index contributed by atoms with van der Waals surface area (Å²) in [5.74, 6) is 1.38. The summed E-state index contributed by atoms with van der Waals surface area (Å²) >= 11 is 1.75. The van der Waals surface area contributed by atoms with E-state index in [4.69, 9.17) is 5.73 Å². The standard InChI is InChI=1S/C9H9N3S/c10-8-6-3-7(5-1-2-5)13-9(6)12-4-11-8/h3-5H,1-2H2,(H2,10,11,12). The zero-order chi connectivity index (χ0) is 8.84. The summed E-state index contributed by atoms with van der Waals surface area (Å²) in [5, 5.41) is 1.02. The molecule has 0 radical (unpaired) electrons. The van der Waals surface area contributed by atoms with Crippen molar-refractivity contribution in [2.45, 2.75) is 18.8 Å². The Morgan fingerprint density at radius 3 is 2.92 bits per heavy atom. The second kappa shape index (κ2) is 2.42. The van der Waals surface area contributed by atoms with Crippen LogP contribution in [0.25, 0.3) is 10.2 Å². The third-order valence-electron chi connectivity index (χ3n) is 2.36. The van der Waals surface area contributed by atoms with Gasteiger partial charge in [-0.1, -0.05) is 0 Å². The summed E-state index contributed by atoms with van der Waals surface area (Å²) in [6.45, 7) is 0. The maximum atomic E-state index is 5.75. The van der Waals surface area contributed by atoms with Crippen LogP contribution in [0.2, 0.25) is 0 Å². The maximum Gasteiger partial charge on any atom is 0.135 e. The second-order valence-corrected chi connectivity index (χ2v) is 4.46. The molecule has 1 saturated carbocycles. The molecule has 3 rings (SSSR count). The Labute approximate surface area is 79.6 Å². The summed E-state index contributed by atoms with van der Waals surface area (Å²) in [6, 6.07) is 2.15. The van der Waals surface area contributed by atoms with Crippen LogP contribution in [0, 0.1) is 0 Å². The van der Waals surface area contributed by atoms with E-state index in [-0.39, 0.29) is 0 Å². The summed E-state index contributed by atoms with van der Waals surface area (Å²) < 4.78 is 0. The van der Waals surface area contributed by atoms with Crippen LogP contribution in [0.15, 0.2) is 12.4 Å². The van der Waals surface area contributed by atoms with E-state index in [1.165, 1.54) is 24.0 Å². The van der Waals surface area contributed by atoms with Crippen molar-refractivity contribution >= 4 is 27.4 Å². The van der Waals surface area contributed by atoms with E-state index < -0.39 is 0 Å². The molecule has 2 heterocycles. The van der Waals surface area contributed by atoms with Gasteiger partial charge in [-0.2, -0.15) is 0 Å². The molecule has 1 fully saturated rings.